The lowest BCUT2D eigenvalue weighted by atomic mass is 9.96. The van der Waals surface area contributed by atoms with Gasteiger partial charge in [-0.1, -0.05) is 61.5 Å². The molecule has 3 rings (SSSR count). The zero-order chi connectivity index (χ0) is 23.1. The lowest BCUT2D eigenvalue weighted by Crippen LogP contribution is -2.30. The summed E-state index contributed by atoms with van der Waals surface area (Å²) in [7, 11) is -3.82. The molecule has 1 atom stereocenters. The van der Waals surface area contributed by atoms with Crippen molar-refractivity contribution in [2.75, 3.05) is 24.6 Å². The monoisotopic (exact) mass is 452 g/mol. The van der Waals surface area contributed by atoms with Gasteiger partial charge in [-0.2, -0.15) is 5.10 Å². The van der Waals surface area contributed by atoms with Gasteiger partial charge in [0.1, 0.15) is 0 Å². The molecule has 0 heterocycles. The maximum atomic E-state index is 11.9. The van der Waals surface area contributed by atoms with E-state index in [2.05, 4.69) is 16.9 Å². The quantitative estimate of drug-likeness (QED) is 0.262. The minimum absolute atomic E-state index is 0.0329. The van der Waals surface area contributed by atoms with Crippen LogP contribution in [0.25, 0.3) is 11.1 Å². The molecule has 3 aromatic rings. The highest BCUT2D eigenvalue weighted by Gasteiger charge is 2.16. The maximum absolute atomic E-state index is 11.9. The molecule has 0 aliphatic rings. The van der Waals surface area contributed by atoms with E-state index in [-0.39, 0.29) is 17.4 Å². The Labute approximate surface area is 189 Å². The van der Waals surface area contributed by atoms with Crippen LogP contribution in [0.2, 0.25) is 0 Å². The van der Waals surface area contributed by atoms with Crippen LogP contribution < -0.4 is 15.9 Å². The van der Waals surface area contributed by atoms with Gasteiger partial charge in [0.15, 0.2) is 0 Å². The first-order chi connectivity index (χ1) is 15.3. The van der Waals surface area contributed by atoms with E-state index in [9.17, 15) is 13.5 Å². The zero-order valence-electron chi connectivity index (χ0n) is 17.9. The number of hydrazone groups is 1. The Morgan fingerprint density at radius 1 is 1.06 bits per heavy atom. The summed E-state index contributed by atoms with van der Waals surface area (Å²) in [4.78, 5) is 2.22. The number of nitrogens with zero attached hydrogens (tertiary/aromatic N) is 2. The molecule has 0 amide bonds. The van der Waals surface area contributed by atoms with Crippen LogP contribution >= 0.6 is 0 Å². The molecule has 0 bridgehead atoms. The summed E-state index contributed by atoms with van der Waals surface area (Å²) < 4.78 is 23.8. The van der Waals surface area contributed by atoms with Crippen molar-refractivity contribution < 1.29 is 13.5 Å². The lowest BCUT2D eigenvalue weighted by Gasteiger charge is -2.28. The van der Waals surface area contributed by atoms with Crippen molar-refractivity contribution in [1.82, 2.24) is 0 Å². The van der Waals surface area contributed by atoms with Crippen LogP contribution in [0, 0.1) is 0 Å². The Balaban J connectivity index is 1.82. The van der Waals surface area contributed by atoms with E-state index >= 15 is 0 Å². The molecule has 7 nitrogen and oxygen atoms in total. The summed E-state index contributed by atoms with van der Waals surface area (Å²) in [6.07, 6.45) is 1.59. The predicted molar refractivity (Wildman–Crippen MR) is 129 cm³/mol. The van der Waals surface area contributed by atoms with Gasteiger partial charge in [-0.25, -0.2) is 13.6 Å². The molecule has 5 N–H and O–H groups in total. The summed E-state index contributed by atoms with van der Waals surface area (Å²) >= 11 is 0. The number of rotatable bonds is 9. The highest BCUT2D eigenvalue weighted by Crippen LogP contribution is 2.29. The third-order valence-electron chi connectivity index (χ3n) is 5.31. The Hall–Kier alpha value is -3.20. The van der Waals surface area contributed by atoms with Gasteiger partial charge in [-0.3, -0.25) is 0 Å². The molecule has 0 fully saturated rings. The fraction of sp³-hybridized carbons (Fsp3) is 0.208. The van der Waals surface area contributed by atoms with Crippen molar-refractivity contribution in [2.24, 2.45) is 16.1 Å². The van der Waals surface area contributed by atoms with Crippen LogP contribution in [0.4, 0.5) is 5.69 Å². The number of aliphatic hydroxyl groups is 1. The van der Waals surface area contributed by atoms with Gasteiger partial charge in [-0.15, -0.1) is 0 Å². The van der Waals surface area contributed by atoms with Gasteiger partial charge in [-0.05, 0) is 40.8 Å². The van der Waals surface area contributed by atoms with Gasteiger partial charge >= 0.3 is 0 Å². The van der Waals surface area contributed by atoms with Crippen molar-refractivity contribution in [1.29, 1.82) is 0 Å². The number of hydrogen-bond donors (Lipinski definition) is 3. The summed E-state index contributed by atoms with van der Waals surface area (Å²) in [5, 5.41) is 18.5. The topological polar surface area (TPSA) is 122 Å². The molecule has 0 radical (unpaired) electrons. The number of benzene rings is 3. The van der Waals surface area contributed by atoms with Crippen molar-refractivity contribution in [2.45, 2.75) is 17.7 Å². The van der Waals surface area contributed by atoms with Gasteiger partial charge in [0, 0.05) is 24.3 Å². The molecular weight excluding hydrogens is 424 g/mol. The molecule has 0 spiro atoms. The zero-order valence-corrected chi connectivity index (χ0v) is 18.7. The van der Waals surface area contributed by atoms with Crippen LogP contribution in [0.1, 0.15) is 24.0 Å². The van der Waals surface area contributed by atoms with Gasteiger partial charge in [0.05, 0.1) is 17.7 Å². The predicted octanol–water partition coefficient (Wildman–Crippen LogP) is 2.90. The number of anilines is 1. The SMILES string of the molecule is CC(CN(CCO)c1cccc(C=NN)c1)c1ccc(-c2ccccc2S(N)(=O)=O)cc1. The molecule has 0 aromatic heterocycles. The molecule has 0 saturated carbocycles. The number of aliphatic hydroxyl groups excluding tert-OH is 1. The van der Waals surface area contributed by atoms with Crippen molar-refractivity contribution >= 4 is 21.9 Å². The smallest absolute Gasteiger partial charge is 0.238 e. The van der Waals surface area contributed by atoms with Crippen molar-refractivity contribution in [3.05, 3.63) is 83.9 Å². The Bertz CT molecular complexity index is 1180. The van der Waals surface area contributed by atoms with Gasteiger partial charge in [0.2, 0.25) is 10.0 Å². The third kappa shape index (κ3) is 5.73. The summed E-state index contributed by atoms with van der Waals surface area (Å²) in [6.45, 7) is 3.33. The van der Waals surface area contributed by atoms with Crippen molar-refractivity contribution in [3.8, 4) is 11.1 Å². The van der Waals surface area contributed by atoms with E-state index in [4.69, 9.17) is 11.0 Å². The third-order valence-corrected chi connectivity index (χ3v) is 6.28. The molecular formula is C24H28N4O3S. The second-order valence-electron chi connectivity index (χ2n) is 7.61. The number of hydrogen-bond acceptors (Lipinski definition) is 6. The lowest BCUT2D eigenvalue weighted by molar-refractivity contribution is 0.301. The Morgan fingerprint density at radius 2 is 1.78 bits per heavy atom. The Kier molecular flexibility index (Phi) is 7.63. The normalized spacial score (nSPS) is 12.7. The fourth-order valence-electron chi connectivity index (χ4n) is 3.71. The molecule has 0 aliphatic carbocycles. The largest absolute Gasteiger partial charge is 0.395 e. The molecule has 1 unspecified atom stereocenters. The van der Waals surface area contributed by atoms with E-state index in [0.29, 0.717) is 18.7 Å². The molecule has 8 heteroatoms. The minimum atomic E-state index is -3.82. The second kappa shape index (κ2) is 10.4. The molecule has 32 heavy (non-hydrogen) atoms. The average molecular weight is 453 g/mol. The first-order valence-electron chi connectivity index (χ1n) is 10.2. The van der Waals surface area contributed by atoms with Crippen LogP contribution in [0.15, 0.2) is 82.8 Å². The van der Waals surface area contributed by atoms with E-state index < -0.39 is 10.0 Å². The summed E-state index contributed by atoms with van der Waals surface area (Å²) in [6, 6.07) is 22.3. The van der Waals surface area contributed by atoms with E-state index in [0.717, 1.165) is 22.4 Å². The van der Waals surface area contributed by atoms with Crippen LogP contribution in [-0.4, -0.2) is 39.4 Å². The van der Waals surface area contributed by atoms with Gasteiger partial charge < -0.3 is 15.8 Å². The van der Waals surface area contributed by atoms with Gasteiger partial charge in [0.25, 0.3) is 0 Å². The average Bonchev–Trinajstić information content (AvgIpc) is 2.79. The summed E-state index contributed by atoms with van der Waals surface area (Å²) in [5.74, 6) is 5.43. The van der Waals surface area contributed by atoms with E-state index in [1.165, 1.54) is 6.07 Å². The highest BCUT2D eigenvalue weighted by molar-refractivity contribution is 7.89. The van der Waals surface area contributed by atoms with Crippen LogP contribution in [0.3, 0.4) is 0 Å². The number of nitrogens with two attached hydrogens (primary N) is 2. The highest BCUT2D eigenvalue weighted by atomic mass is 32.2. The number of primary sulfonamides is 1. The fourth-order valence-corrected chi connectivity index (χ4v) is 4.48. The molecule has 168 valence electrons. The summed E-state index contributed by atoms with van der Waals surface area (Å²) in [5.41, 5.74) is 4.32. The Morgan fingerprint density at radius 3 is 2.44 bits per heavy atom. The van der Waals surface area contributed by atoms with E-state index in [1.807, 2.05) is 48.5 Å². The molecule has 0 aliphatic heterocycles. The molecule has 0 saturated heterocycles. The van der Waals surface area contributed by atoms with Crippen LogP contribution in [0.5, 0.6) is 0 Å². The molecule has 3 aromatic carbocycles. The number of sulfonamides is 1. The maximum Gasteiger partial charge on any atom is 0.238 e. The van der Waals surface area contributed by atoms with Crippen molar-refractivity contribution in [3.63, 3.8) is 0 Å². The minimum Gasteiger partial charge on any atom is -0.395 e. The second-order valence-corrected chi connectivity index (χ2v) is 9.14. The van der Waals surface area contributed by atoms with E-state index in [1.54, 1.807) is 24.4 Å². The van der Waals surface area contributed by atoms with Crippen LogP contribution in [-0.2, 0) is 10.0 Å². The standard InChI is InChI=1S/C24H28N4O3S/c1-18(17-28(13-14-29)22-6-4-5-19(15-22)16-27-25)20-9-11-21(12-10-20)23-7-2-3-8-24(23)32(26,30)31/h2-12,15-16,18,29H,13-14,17,25H2,1H3,(H2,26,30,31). The first-order valence-corrected chi connectivity index (χ1v) is 11.8. The first kappa shape index (κ1) is 23.5.